The first-order valence-corrected chi connectivity index (χ1v) is 9.78. The average Bonchev–Trinajstić information content (AvgIpc) is 2.71. The van der Waals surface area contributed by atoms with Crippen LogP contribution >= 0.6 is 24.0 Å². The van der Waals surface area contributed by atoms with Gasteiger partial charge in [-0.25, -0.2) is 4.98 Å². The number of hydrogen-bond donors (Lipinski definition) is 2. The number of thiol groups is 1. The number of para-hydroxylation sites is 2. The van der Waals surface area contributed by atoms with E-state index in [-0.39, 0.29) is 5.43 Å². The van der Waals surface area contributed by atoms with Crippen molar-refractivity contribution < 1.29 is 0 Å². The first-order valence-electron chi connectivity index (χ1n) is 8.52. The molecular weight excluding hydrogens is 372 g/mol. The third kappa shape index (κ3) is 2.67. The van der Waals surface area contributed by atoms with Crippen LogP contribution in [0.5, 0.6) is 0 Å². The highest BCUT2D eigenvalue weighted by molar-refractivity contribution is 7.80. The normalized spacial score (nSPS) is 11.3. The van der Waals surface area contributed by atoms with Gasteiger partial charge in [0.15, 0.2) is 0 Å². The smallest absolute Gasteiger partial charge is 0.211 e. The Labute approximate surface area is 165 Å². The van der Waals surface area contributed by atoms with E-state index in [0.717, 1.165) is 36.8 Å². The fourth-order valence-corrected chi connectivity index (χ4v) is 4.57. The lowest BCUT2D eigenvalue weighted by Gasteiger charge is -2.16. The fraction of sp³-hybridized carbons (Fsp3) is 0. The minimum atomic E-state index is -0.0250. The van der Waals surface area contributed by atoms with Gasteiger partial charge in [0.1, 0.15) is 5.69 Å². The van der Waals surface area contributed by atoms with E-state index in [1.165, 1.54) is 0 Å². The Hall–Kier alpha value is -2.89. The monoisotopic (exact) mass is 386 g/mol. The summed E-state index contributed by atoms with van der Waals surface area (Å²) in [6.45, 7) is 0. The summed E-state index contributed by atoms with van der Waals surface area (Å²) in [5.74, 6) is 0. The van der Waals surface area contributed by atoms with Gasteiger partial charge in [-0.05, 0) is 24.3 Å². The lowest BCUT2D eigenvalue weighted by atomic mass is 10.0. The zero-order valence-corrected chi connectivity index (χ0v) is 15.9. The zero-order chi connectivity index (χ0) is 18.4. The standard InChI is InChI=1S/C22H14N2OS2/c25-21-14-8-2-1-7-13(14)19-22(27-18-12-6-4-10-16(18)24-19)20(21)23-15-9-3-5-11-17(15)26/h1-12,23,26H. The molecule has 0 atom stereocenters. The molecule has 130 valence electrons. The predicted octanol–water partition coefficient (Wildman–Crippen LogP) is 5.95. The van der Waals surface area contributed by atoms with Crippen molar-refractivity contribution in [3.05, 3.63) is 83.0 Å². The Kier molecular flexibility index (Phi) is 3.85. The molecule has 0 spiro atoms. The molecule has 2 aliphatic rings. The molecule has 27 heavy (non-hydrogen) atoms. The summed E-state index contributed by atoms with van der Waals surface area (Å²) in [6.07, 6.45) is 0. The number of rotatable bonds is 2. The van der Waals surface area contributed by atoms with Crippen molar-refractivity contribution in [2.24, 2.45) is 0 Å². The molecule has 3 nitrogen and oxygen atoms in total. The molecule has 0 aromatic heterocycles. The lowest BCUT2D eigenvalue weighted by Crippen LogP contribution is -2.12. The highest BCUT2D eigenvalue weighted by Gasteiger charge is 2.21. The Balaban J connectivity index is 1.90. The maximum atomic E-state index is 13.3. The minimum Gasteiger partial charge on any atom is -0.350 e. The van der Waals surface area contributed by atoms with E-state index in [2.05, 4.69) is 17.9 Å². The second kappa shape index (κ2) is 6.37. The van der Waals surface area contributed by atoms with E-state index in [1.54, 1.807) is 11.3 Å². The molecule has 0 amide bonds. The van der Waals surface area contributed by atoms with Crippen molar-refractivity contribution in [3.63, 3.8) is 0 Å². The average molecular weight is 387 g/mol. The van der Waals surface area contributed by atoms with Gasteiger partial charge in [-0.1, -0.05) is 48.5 Å². The third-order valence-corrected chi connectivity index (χ3v) is 6.13. The summed E-state index contributed by atoms with van der Waals surface area (Å²) in [5, 5.41) is 4.87. The molecule has 3 aromatic carbocycles. The van der Waals surface area contributed by atoms with Crippen molar-refractivity contribution in [2.45, 2.75) is 4.90 Å². The van der Waals surface area contributed by atoms with Gasteiger partial charge in [0, 0.05) is 15.7 Å². The molecule has 0 saturated heterocycles. The predicted molar refractivity (Wildman–Crippen MR) is 117 cm³/mol. The molecular formula is C22H14N2OS2. The number of fused-ring (bicyclic) bond motifs is 4. The molecule has 1 heterocycles. The Morgan fingerprint density at radius 1 is 0.852 bits per heavy atom. The van der Waals surface area contributed by atoms with Gasteiger partial charge in [0.05, 0.1) is 26.5 Å². The van der Waals surface area contributed by atoms with Crippen LogP contribution in [0.4, 0.5) is 11.4 Å². The van der Waals surface area contributed by atoms with Crippen molar-refractivity contribution in [2.75, 3.05) is 5.32 Å². The number of nitrogens with one attached hydrogen (secondary N) is 1. The van der Waals surface area contributed by atoms with E-state index < -0.39 is 0 Å². The molecule has 1 N–H and O–H groups in total. The van der Waals surface area contributed by atoms with Gasteiger partial charge >= 0.3 is 0 Å². The molecule has 0 fully saturated rings. The Bertz CT molecular complexity index is 1340. The minimum absolute atomic E-state index is 0.0250. The van der Waals surface area contributed by atoms with Gasteiger partial charge in [0.2, 0.25) is 5.43 Å². The van der Waals surface area contributed by atoms with Gasteiger partial charge in [0.25, 0.3) is 0 Å². The van der Waals surface area contributed by atoms with E-state index in [9.17, 15) is 4.79 Å². The highest BCUT2D eigenvalue weighted by atomic mass is 32.1. The number of nitrogens with zero attached hydrogens (tertiary/aromatic N) is 1. The largest absolute Gasteiger partial charge is 0.350 e. The second-order valence-corrected chi connectivity index (χ2v) is 7.79. The fourth-order valence-electron chi connectivity index (χ4n) is 3.27. The SMILES string of the molecule is O=c1c(Nc2ccccc2S)c2sc3ccccc3nc-2c2ccccc12. The Morgan fingerprint density at radius 2 is 1.56 bits per heavy atom. The molecule has 0 unspecified atom stereocenters. The summed E-state index contributed by atoms with van der Waals surface area (Å²) in [4.78, 5) is 19.8. The first-order chi connectivity index (χ1) is 13.2. The molecule has 1 aliphatic heterocycles. The van der Waals surface area contributed by atoms with Crippen LogP contribution in [0.25, 0.3) is 31.6 Å². The van der Waals surface area contributed by atoms with Gasteiger partial charge in [-0.15, -0.1) is 24.0 Å². The molecule has 0 radical (unpaired) electrons. The third-order valence-electron chi connectivity index (χ3n) is 4.57. The van der Waals surface area contributed by atoms with Crippen molar-refractivity contribution in [1.82, 2.24) is 4.98 Å². The Morgan fingerprint density at radius 3 is 2.41 bits per heavy atom. The molecule has 3 aromatic rings. The summed E-state index contributed by atoms with van der Waals surface area (Å²) in [5.41, 5.74) is 3.10. The van der Waals surface area contributed by atoms with Crippen LogP contribution in [-0.2, 0) is 0 Å². The number of benzene rings is 4. The van der Waals surface area contributed by atoms with Crippen molar-refractivity contribution in [3.8, 4) is 10.6 Å². The zero-order valence-electron chi connectivity index (χ0n) is 14.1. The first kappa shape index (κ1) is 16.3. The number of hydrogen-bond acceptors (Lipinski definition) is 5. The maximum Gasteiger partial charge on any atom is 0.211 e. The van der Waals surface area contributed by atoms with Gasteiger partial charge in [-0.2, -0.15) is 0 Å². The lowest BCUT2D eigenvalue weighted by molar-refractivity contribution is 1.40. The van der Waals surface area contributed by atoms with Crippen LogP contribution in [-0.4, -0.2) is 4.98 Å². The second-order valence-electron chi connectivity index (χ2n) is 6.25. The molecule has 5 heteroatoms. The topological polar surface area (TPSA) is 42.0 Å². The molecule has 0 bridgehead atoms. The molecule has 5 rings (SSSR count). The summed E-state index contributed by atoms with van der Waals surface area (Å²) in [6, 6.07) is 23.3. The van der Waals surface area contributed by atoms with E-state index >= 15 is 0 Å². The summed E-state index contributed by atoms with van der Waals surface area (Å²) in [7, 11) is 0. The van der Waals surface area contributed by atoms with E-state index in [1.807, 2.05) is 72.8 Å². The molecule has 0 saturated carbocycles. The van der Waals surface area contributed by atoms with Crippen LogP contribution in [0, 0.1) is 0 Å². The van der Waals surface area contributed by atoms with Crippen LogP contribution in [0.15, 0.2) is 82.5 Å². The van der Waals surface area contributed by atoms with E-state index in [4.69, 9.17) is 4.98 Å². The van der Waals surface area contributed by atoms with Crippen LogP contribution in [0.3, 0.4) is 0 Å². The summed E-state index contributed by atoms with van der Waals surface area (Å²) >= 11 is 6.09. The van der Waals surface area contributed by atoms with Crippen LogP contribution in [0.1, 0.15) is 0 Å². The maximum absolute atomic E-state index is 13.3. The highest BCUT2D eigenvalue weighted by Crippen LogP contribution is 2.40. The van der Waals surface area contributed by atoms with Gasteiger partial charge < -0.3 is 5.32 Å². The number of anilines is 2. The van der Waals surface area contributed by atoms with Crippen LogP contribution < -0.4 is 10.7 Å². The molecule has 1 aliphatic carbocycles. The quantitative estimate of drug-likeness (QED) is 0.224. The number of aromatic nitrogens is 1. The van der Waals surface area contributed by atoms with Crippen LogP contribution in [0.2, 0.25) is 0 Å². The van der Waals surface area contributed by atoms with Crippen molar-refractivity contribution >= 4 is 56.3 Å². The van der Waals surface area contributed by atoms with Gasteiger partial charge in [-0.3, -0.25) is 4.79 Å². The van der Waals surface area contributed by atoms with Crippen molar-refractivity contribution in [1.29, 1.82) is 0 Å². The van der Waals surface area contributed by atoms with E-state index in [0.29, 0.717) is 11.1 Å². The summed E-state index contributed by atoms with van der Waals surface area (Å²) < 4.78 is 1.04.